The van der Waals surface area contributed by atoms with Crippen LogP contribution in [-0.2, 0) is 0 Å². The first-order chi connectivity index (χ1) is 8.23. The van der Waals surface area contributed by atoms with Crippen LogP contribution >= 0.6 is 0 Å². The van der Waals surface area contributed by atoms with Gasteiger partial charge in [0.05, 0.1) is 13.1 Å². The number of nitrogens with zero attached hydrogens (tertiary/aromatic N) is 1. The molecule has 1 saturated heterocycles. The highest BCUT2D eigenvalue weighted by Crippen LogP contribution is 2.41. The molecular weight excluding hydrogens is 252 g/mol. The Morgan fingerprint density at radius 2 is 1.72 bits per heavy atom. The molecule has 0 spiro atoms. The summed E-state index contributed by atoms with van der Waals surface area (Å²) in [5.41, 5.74) is 5.71. The van der Waals surface area contributed by atoms with Gasteiger partial charge in [-0.15, -0.1) is 0 Å². The molecule has 98 valence electrons. The summed E-state index contributed by atoms with van der Waals surface area (Å²) in [6.45, 7) is -2.57. The van der Waals surface area contributed by atoms with Crippen molar-refractivity contribution in [2.45, 2.75) is 11.8 Å². The molecule has 1 fully saturated rings. The summed E-state index contributed by atoms with van der Waals surface area (Å²) < 4.78 is 51.8. The minimum absolute atomic E-state index is 0.0171. The third kappa shape index (κ3) is 2.00. The van der Waals surface area contributed by atoms with Gasteiger partial charge in [-0.1, -0.05) is 6.07 Å². The zero-order valence-electron chi connectivity index (χ0n) is 9.17. The monoisotopic (exact) mass is 262 g/mol. The Hall–Kier alpha value is -1.79. The van der Waals surface area contributed by atoms with Crippen molar-refractivity contribution >= 4 is 11.6 Å². The highest BCUT2D eigenvalue weighted by Gasteiger charge is 2.63. The van der Waals surface area contributed by atoms with Crippen molar-refractivity contribution in [1.82, 2.24) is 4.90 Å². The van der Waals surface area contributed by atoms with Crippen LogP contribution in [0.1, 0.15) is 10.4 Å². The first kappa shape index (κ1) is 12.7. The quantitative estimate of drug-likeness (QED) is 0.621. The van der Waals surface area contributed by atoms with Crippen molar-refractivity contribution in [1.29, 1.82) is 0 Å². The molecule has 1 heterocycles. The number of carbonyl (C=O) groups excluding carboxylic acids is 1. The fourth-order valence-corrected chi connectivity index (χ4v) is 1.76. The van der Waals surface area contributed by atoms with E-state index >= 15 is 0 Å². The molecule has 1 amide bonds. The smallest absolute Gasteiger partial charge is 0.329 e. The number of benzene rings is 1. The second-order valence-electron chi connectivity index (χ2n) is 4.20. The first-order valence-electron chi connectivity index (χ1n) is 5.13. The predicted molar refractivity (Wildman–Crippen MR) is 56.7 cm³/mol. The van der Waals surface area contributed by atoms with Crippen molar-refractivity contribution < 1.29 is 22.4 Å². The fourth-order valence-electron chi connectivity index (χ4n) is 1.76. The second kappa shape index (κ2) is 3.86. The molecule has 0 aliphatic carbocycles. The number of likely N-dealkylation sites (tertiary alicyclic amines) is 1. The van der Waals surface area contributed by atoms with Crippen LogP contribution in [-0.4, -0.2) is 35.7 Å². The van der Waals surface area contributed by atoms with Gasteiger partial charge >= 0.3 is 11.8 Å². The van der Waals surface area contributed by atoms with Gasteiger partial charge < -0.3 is 10.6 Å². The predicted octanol–water partition coefficient (Wildman–Crippen LogP) is 2.00. The Labute approximate surface area is 100 Å². The van der Waals surface area contributed by atoms with Gasteiger partial charge in [-0.2, -0.15) is 17.6 Å². The zero-order chi connectivity index (χ0) is 13.6. The minimum Gasteiger partial charge on any atom is -0.399 e. The van der Waals surface area contributed by atoms with Crippen molar-refractivity contribution in [3.05, 3.63) is 29.8 Å². The summed E-state index contributed by atoms with van der Waals surface area (Å²) in [5.74, 6) is -9.26. The molecule has 1 aromatic rings. The van der Waals surface area contributed by atoms with Gasteiger partial charge in [0.15, 0.2) is 0 Å². The largest absolute Gasteiger partial charge is 0.399 e. The SMILES string of the molecule is Nc1cccc(C(=O)N2CC(F)(F)C(F)(F)C2)c1. The number of amides is 1. The van der Waals surface area contributed by atoms with E-state index in [1.54, 1.807) is 0 Å². The topological polar surface area (TPSA) is 46.3 Å². The van der Waals surface area contributed by atoms with E-state index in [0.717, 1.165) is 0 Å². The Morgan fingerprint density at radius 3 is 2.22 bits per heavy atom. The molecule has 0 saturated carbocycles. The third-order valence-electron chi connectivity index (χ3n) is 2.73. The van der Waals surface area contributed by atoms with Gasteiger partial charge in [-0.25, -0.2) is 0 Å². The molecule has 0 atom stereocenters. The lowest BCUT2D eigenvalue weighted by molar-refractivity contribution is -0.172. The number of halogens is 4. The van der Waals surface area contributed by atoms with Gasteiger partial charge in [-0.05, 0) is 18.2 Å². The third-order valence-corrected chi connectivity index (χ3v) is 2.73. The van der Waals surface area contributed by atoms with Crippen molar-refractivity contribution in [3.8, 4) is 0 Å². The second-order valence-corrected chi connectivity index (χ2v) is 4.20. The van der Waals surface area contributed by atoms with Crippen molar-refractivity contribution in [2.24, 2.45) is 0 Å². The molecule has 0 unspecified atom stereocenters. The van der Waals surface area contributed by atoms with Crippen LogP contribution in [0.5, 0.6) is 0 Å². The number of nitrogen functional groups attached to an aromatic ring is 1. The van der Waals surface area contributed by atoms with Gasteiger partial charge in [0.2, 0.25) is 0 Å². The zero-order valence-corrected chi connectivity index (χ0v) is 9.17. The number of carbonyl (C=O) groups is 1. The maximum absolute atomic E-state index is 13.0. The normalized spacial score (nSPS) is 21.0. The summed E-state index contributed by atoms with van der Waals surface area (Å²) in [6.07, 6.45) is 0. The van der Waals surface area contributed by atoms with E-state index in [-0.39, 0.29) is 11.3 Å². The molecular formula is C11H10F4N2O. The molecule has 2 N–H and O–H groups in total. The molecule has 1 aliphatic rings. The van der Waals surface area contributed by atoms with E-state index in [1.165, 1.54) is 24.3 Å². The lowest BCUT2D eigenvalue weighted by Gasteiger charge is -2.14. The maximum atomic E-state index is 13.0. The average molecular weight is 262 g/mol. The molecule has 0 radical (unpaired) electrons. The number of anilines is 1. The van der Waals surface area contributed by atoms with Crippen molar-refractivity contribution in [3.63, 3.8) is 0 Å². The molecule has 1 aromatic carbocycles. The van der Waals surface area contributed by atoms with Crippen LogP contribution in [0.2, 0.25) is 0 Å². The van der Waals surface area contributed by atoms with E-state index in [4.69, 9.17) is 5.73 Å². The summed E-state index contributed by atoms with van der Waals surface area (Å²) in [6, 6.07) is 5.56. The van der Waals surface area contributed by atoms with Crippen LogP contribution in [0.25, 0.3) is 0 Å². The van der Waals surface area contributed by atoms with E-state index in [1.807, 2.05) is 0 Å². The summed E-state index contributed by atoms with van der Waals surface area (Å²) in [4.78, 5) is 12.2. The highest BCUT2D eigenvalue weighted by molar-refractivity contribution is 5.95. The lowest BCUT2D eigenvalue weighted by atomic mass is 10.2. The number of alkyl halides is 4. The first-order valence-corrected chi connectivity index (χ1v) is 5.13. The van der Waals surface area contributed by atoms with Crippen LogP contribution in [0.15, 0.2) is 24.3 Å². The van der Waals surface area contributed by atoms with Gasteiger partial charge in [0.1, 0.15) is 0 Å². The Kier molecular flexibility index (Phi) is 2.71. The Morgan fingerprint density at radius 1 is 1.17 bits per heavy atom. The molecule has 0 bridgehead atoms. The summed E-state index contributed by atoms with van der Waals surface area (Å²) in [5, 5.41) is 0. The molecule has 2 rings (SSSR count). The van der Waals surface area contributed by atoms with Crippen LogP contribution in [0, 0.1) is 0 Å². The maximum Gasteiger partial charge on any atom is 0.329 e. The minimum atomic E-state index is -4.19. The van der Waals surface area contributed by atoms with Crippen molar-refractivity contribution in [2.75, 3.05) is 18.8 Å². The van der Waals surface area contributed by atoms with Crippen LogP contribution in [0.3, 0.4) is 0 Å². The Balaban J connectivity index is 2.23. The molecule has 7 heteroatoms. The molecule has 3 nitrogen and oxygen atoms in total. The summed E-state index contributed by atoms with van der Waals surface area (Å²) in [7, 11) is 0. The van der Waals surface area contributed by atoms with E-state index in [9.17, 15) is 22.4 Å². The highest BCUT2D eigenvalue weighted by atomic mass is 19.3. The fraction of sp³-hybridized carbons (Fsp3) is 0.364. The Bertz CT molecular complexity index is 474. The van der Waals surface area contributed by atoms with Crippen LogP contribution in [0.4, 0.5) is 23.2 Å². The van der Waals surface area contributed by atoms with E-state index < -0.39 is 30.8 Å². The lowest BCUT2D eigenvalue weighted by Crippen LogP contribution is -2.38. The van der Waals surface area contributed by atoms with E-state index in [0.29, 0.717) is 4.90 Å². The molecule has 1 aliphatic heterocycles. The summed E-state index contributed by atoms with van der Waals surface area (Å²) >= 11 is 0. The average Bonchev–Trinajstić information content (AvgIpc) is 2.47. The number of hydrogen-bond donors (Lipinski definition) is 1. The number of rotatable bonds is 1. The van der Waals surface area contributed by atoms with Gasteiger partial charge in [-0.3, -0.25) is 4.79 Å². The standard InChI is InChI=1S/C11H10F4N2O/c12-10(13)5-17(6-11(10,14)15)9(18)7-2-1-3-8(16)4-7/h1-4H,5-6,16H2. The number of hydrogen-bond acceptors (Lipinski definition) is 2. The van der Waals surface area contributed by atoms with Gasteiger partial charge in [0.25, 0.3) is 5.91 Å². The van der Waals surface area contributed by atoms with E-state index in [2.05, 4.69) is 0 Å². The molecule has 18 heavy (non-hydrogen) atoms. The number of nitrogens with two attached hydrogens (primary N) is 1. The molecule has 0 aromatic heterocycles. The van der Waals surface area contributed by atoms with Crippen LogP contribution < -0.4 is 5.73 Å². The van der Waals surface area contributed by atoms with Gasteiger partial charge in [0, 0.05) is 11.3 Å².